The molecular formula is C28H29ClN10O3. The Morgan fingerprint density at radius 2 is 1.83 bits per heavy atom. The lowest BCUT2D eigenvalue weighted by Gasteiger charge is -2.35. The van der Waals surface area contributed by atoms with Gasteiger partial charge in [-0.2, -0.15) is 10.4 Å². The third-order valence-corrected chi connectivity index (χ3v) is 7.19. The predicted octanol–water partition coefficient (Wildman–Crippen LogP) is 4.65. The lowest BCUT2D eigenvalue weighted by Crippen LogP contribution is -2.45. The third kappa shape index (κ3) is 6.23. The summed E-state index contributed by atoms with van der Waals surface area (Å²) < 4.78 is 12.0. The summed E-state index contributed by atoms with van der Waals surface area (Å²) in [5, 5.41) is 17.7. The largest absolute Gasteiger partial charge is 0.467 e. The van der Waals surface area contributed by atoms with Crippen molar-refractivity contribution in [2.75, 3.05) is 23.9 Å². The Morgan fingerprint density at radius 1 is 1.10 bits per heavy atom. The van der Waals surface area contributed by atoms with Crippen LogP contribution >= 0.6 is 11.6 Å². The molecule has 1 fully saturated rings. The van der Waals surface area contributed by atoms with E-state index in [-0.39, 0.29) is 30.3 Å². The van der Waals surface area contributed by atoms with E-state index in [1.54, 1.807) is 54.4 Å². The van der Waals surface area contributed by atoms with E-state index in [2.05, 4.69) is 41.4 Å². The minimum atomic E-state index is -0.436. The quantitative estimate of drug-likeness (QED) is 0.305. The van der Waals surface area contributed by atoms with Gasteiger partial charge in [-0.25, -0.2) is 29.7 Å². The molecule has 4 aromatic rings. The van der Waals surface area contributed by atoms with Crippen molar-refractivity contribution in [1.82, 2.24) is 34.7 Å². The Labute approximate surface area is 247 Å². The predicted molar refractivity (Wildman–Crippen MR) is 155 cm³/mol. The van der Waals surface area contributed by atoms with Gasteiger partial charge < -0.3 is 14.8 Å². The first-order valence-electron chi connectivity index (χ1n) is 13.4. The van der Waals surface area contributed by atoms with Crippen LogP contribution in [0.2, 0.25) is 5.02 Å². The normalized spacial score (nSPS) is 16.4. The summed E-state index contributed by atoms with van der Waals surface area (Å²) in [4.78, 5) is 36.4. The zero-order chi connectivity index (χ0) is 29.6. The molecule has 0 saturated heterocycles. The maximum Gasteiger partial charge on any atom is 0.415 e. The van der Waals surface area contributed by atoms with Crippen molar-refractivity contribution in [3.05, 3.63) is 53.7 Å². The van der Waals surface area contributed by atoms with Crippen LogP contribution in [-0.2, 0) is 11.8 Å². The van der Waals surface area contributed by atoms with E-state index < -0.39 is 6.09 Å². The van der Waals surface area contributed by atoms with Crippen LogP contribution in [0.3, 0.4) is 0 Å². The molecule has 1 amide bonds. The number of halogens is 1. The van der Waals surface area contributed by atoms with Crippen molar-refractivity contribution in [2.45, 2.75) is 44.7 Å². The number of amides is 1. The molecule has 1 aliphatic carbocycles. The number of methoxy groups -OCH3 is 1. The first-order chi connectivity index (χ1) is 20.4. The molecule has 42 heavy (non-hydrogen) atoms. The van der Waals surface area contributed by atoms with Gasteiger partial charge in [-0.1, -0.05) is 11.6 Å². The van der Waals surface area contributed by atoms with Gasteiger partial charge in [-0.05, 0) is 44.7 Å². The summed E-state index contributed by atoms with van der Waals surface area (Å²) >= 11 is 6.32. The molecule has 1 N–H and O–H groups in total. The summed E-state index contributed by atoms with van der Waals surface area (Å²) in [6.07, 6.45) is 10.6. The molecule has 0 spiro atoms. The highest BCUT2D eigenvalue weighted by atomic mass is 35.5. The van der Waals surface area contributed by atoms with Gasteiger partial charge in [-0.15, -0.1) is 0 Å². The molecule has 0 radical (unpaired) electrons. The minimum absolute atomic E-state index is 0.0655. The molecule has 14 heteroatoms. The molecule has 0 bridgehead atoms. The minimum Gasteiger partial charge on any atom is -0.467 e. The number of ether oxygens (including phenoxy) is 2. The molecule has 5 rings (SSSR count). The van der Waals surface area contributed by atoms with Crippen LogP contribution in [0.15, 0.2) is 43.1 Å². The number of hydrogen-bond acceptors (Lipinski definition) is 11. The summed E-state index contributed by atoms with van der Waals surface area (Å²) in [6.45, 7) is 2.03. The smallest absolute Gasteiger partial charge is 0.415 e. The van der Waals surface area contributed by atoms with Crippen LogP contribution in [0.1, 0.15) is 38.2 Å². The number of rotatable bonds is 8. The maximum absolute atomic E-state index is 13.1. The fourth-order valence-electron chi connectivity index (χ4n) is 4.89. The Morgan fingerprint density at radius 3 is 2.43 bits per heavy atom. The van der Waals surface area contributed by atoms with Crippen LogP contribution in [0.25, 0.3) is 22.5 Å². The number of anilines is 2. The molecule has 0 aliphatic heterocycles. The van der Waals surface area contributed by atoms with Crippen LogP contribution in [-0.4, -0.2) is 66.6 Å². The second-order valence-electron chi connectivity index (χ2n) is 9.65. The monoisotopic (exact) mass is 588 g/mol. The van der Waals surface area contributed by atoms with Gasteiger partial charge in [0.05, 0.1) is 30.5 Å². The molecule has 0 unspecified atom stereocenters. The number of pyridine rings is 1. The van der Waals surface area contributed by atoms with E-state index in [9.17, 15) is 10.1 Å². The van der Waals surface area contributed by atoms with E-state index in [0.29, 0.717) is 41.0 Å². The number of carbonyl (C=O) groups is 1. The fourth-order valence-corrected chi connectivity index (χ4v) is 5.16. The van der Waals surface area contributed by atoms with E-state index in [1.807, 2.05) is 6.07 Å². The Bertz CT molecular complexity index is 1580. The van der Waals surface area contributed by atoms with Gasteiger partial charge in [0.15, 0.2) is 0 Å². The average Bonchev–Trinajstić information content (AvgIpc) is 3.36. The topological polar surface area (TPSA) is 157 Å². The standard InChI is InChI=1S/C28H29ClN10O3/c1-4-42-28(40)39(23-10-5-17(12-31-23)19-14-33-27(41-3)34-15-19)21-8-6-20(7-9-21)35-26-32-13-18(11-30)24(36-26)25-22(29)16-38(2)37-25/h5,10,12-16,20-21H,4,6-9H2,1-3H3,(H,32,35,36)/t20-,21-. The van der Waals surface area contributed by atoms with E-state index >= 15 is 0 Å². The van der Waals surface area contributed by atoms with E-state index in [4.69, 9.17) is 21.1 Å². The van der Waals surface area contributed by atoms with Crippen LogP contribution < -0.4 is 15.0 Å². The molecular weight excluding hydrogens is 560 g/mol. The second-order valence-corrected chi connectivity index (χ2v) is 10.1. The molecule has 0 aromatic carbocycles. The Kier molecular flexibility index (Phi) is 8.73. The van der Waals surface area contributed by atoms with Crippen molar-refractivity contribution in [3.8, 4) is 34.6 Å². The van der Waals surface area contributed by atoms with Crippen molar-refractivity contribution in [1.29, 1.82) is 5.26 Å². The number of aromatic nitrogens is 7. The van der Waals surface area contributed by atoms with Gasteiger partial charge >= 0.3 is 12.1 Å². The summed E-state index contributed by atoms with van der Waals surface area (Å²) in [5.74, 6) is 0.895. The van der Waals surface area contributed by atoms with Crippen molar-refractivity contribution < 1.29 is 14.3 Å². The molecule has 216 valence electrons. The van der Waals surface area contributed by atoms with Gasteiger partial charge in [0, 0.05) is 55.0 Å². The Balaban J connectivity index is 1.28. The second kappa shape index (κ2) is 12.8. The van der Waals surface area contributed by atoms with Gasteiger partial charge in [0.25, 0.3) is 0 Å². The van der Waals surface area contributed by atoms with Crippen molar-refractivity contribution in [2.24, 2.45) is 7.05 Å². The van der Waals surface area contributed by atoms with Crippen LogP contribution in [0.4, 0.5) is 16.6 Å². The molecule has 1 saturated carbocycles. The molecule has 1 aliphatic rings. The average molecular weight is 589 g/mol. The number of hydrogen-bond donors (Lipinski definition) is 1. The molecule has 4 aromatic heterocycles. The summed E-state index contributed by atoms with van der Waals surface area (Å²) in [6, 6.07) is 6.03. The zero-order valence-corrected chi connectivity index (χ0v) is 24.1. The van der Waals surface area contributed by atoms with Crippen molar-refractivity contribution >= 4 is 29.5 Å². The number of nitrogens with zero attached hydrogens (tertiary/aromatic N) is 9. The molecule has 13 nitrogen and oxygen atoms in total. The number of aryl methyl sites for hydroxylation is 1. The molecule has 0 atom stereocenters. The number of nitrogens with one attached hydrogen (secondary N) is 1. The summed E-state index contributed by atoms with van der Waals surface area (Å²) in [5.41, 5.74) is 2.67. The van der Waals surface area contributed by atoms with Gasteiger partial charge in [0.1, 0.15) is 23.3 Å². The SMILES string of the molecule is CCOC(=O)N(c1ccc(-c2cnc(OC)nc2)cn1)[C@H]1CC[C@H](Nc2ncc(C#N)c(-c3nn(C)cc3Cl)n2)CC1. The zero-order valence-electron chi connectivity index (χ0n) is 23.4. The highest BCUT2D eigenvalue weighted by molar-refractivity contribution is 6.33. The number of nitriles is 1. The fraction of sp³-hybridized carbons (Fsp3) is 0.357. The highest BCUT2D eigenvalue weighted by Gasteiger charge is 2.32. The lowest BCUT2D eigenvalue weighted by atomic mass is 9.90. The first kappa shape index (κ1) is 28.7. The summed E-state index contributed by atoms with van der Waals surface area (Å²) in [7, 11) is 3.26. The Hall–Kier alpha value is -4.83. The van der Waals surface area contributed by atoms with Crippen molar-refractivity contribution in [3.63, 3.8) is 0 Å². The third-order valence-electron chi connectivity index (χ3n) is 6.92. The first-order valence-corrected chi connectivity index (χ1v) is 13.8. The van der Waals surface area contributed by atoms with E-state index in [1.165, 1.54) is 13.3 Å². The van der Waals surface area contributed by atoms with E-state index in [0.717, 1.165) is 24.0 Å². The molecule has 4 heterocycles. The number of carbonyl (C=O) groups excluding carboxylic acids is 1. The van der Waals surface area contributed by atoms with Crippen LogP contribution in [0.5, 0.6) is 6.01 Å². The van der Waals surface area contributed by atoms with Gasteiger partial charge in [-0.3, -0.25) is 9.58 Å². The highest BCUT2D eigenvalue weighted by Crippen LogP contribution is 2.31. The maximum atomic E-state index is 13.1. The van der Waals surface area contributed by atoms with Crippen LogP contribution in [0, 0.1) is 11.3 Å². The lowest BCUT2D eigenvalue weighted by molar-refractivity contribution is 0.154. The van der Waals surface area contributed by atoms with Gasteiger partial charge in [0.2, 0.25) is 5.95 Å².